The summed E-state index contributed by atoms with van der Waals surface area (Å²) in [6, 6.07) is 47.1. The fraction of sp³-hybridized carbons (Fsp3) is 0.118. The van der Waals surface area contributed by atoms with Crippen LogP contribution < -0.4 is 5.01 Å². The minimum absolute atomic E-state index is 0.0839. The van der Waals surface area contributed by atoms with Crippen molar-refractivity contribution in [1.82, 2.24) is 4.98 Å². The summed E-state index contributed by atoms with van der Waals surface area (Å²) in [6.07, 6.45) is -5.52. The van der Waals surface area contributed by atoms with E-state index < -0.39 is 54.2 Å². The zero-order valence-electron chi connectivity index (χ0n) is 34.5. The fourth-order valence-corrected chi connectivity index (χ4v) is 6.79. The molecule has 4 atom stereocenters. The number of rotatable bonds is 15. The second-order valence-electron chi connectivity index (χ2n) is 14.4. The molecule has 0 aliphatic carbocycles. The number of aromatic nitrogens is 1. The number of ether oxygens (including phenoxy) is 4. The highest BCUT2D eigenvalue weighted by Gasteiger charge is 2.43. The Hall–Kier alpha value is -7.96. The largest absolute Gasteiger partial charge is 0.455 e. The lowest BCUT2D eigenvalue weighted by atomic mass is 10.0. The van der Waals surface area contributed by atoms with Crippen molar-refractivity contribution >= 4 is 64.3 Å². The maximum absolute atomic E-state index is 14.5. The highest BCUT2D eigenvalue weighted by Crippen LogP contribution is 2.28. The molecule has 0 radical (unpaired) electrons. The number of fused-ring (bicyclic) bond motifs is 1. The number of amides is 1. The quantitative estimate of drug-likeness (QED) is 0.0422. The van der Waals surface area contributed by atoms with Gasteiger partial charge in [-0.2, -0.15) is 10.1 Å². The Balaban J connectivity index is 1.39. The third-order valence-electron chi connectivity index (χ3n) is 9.89. The van der Waals surface area contributed by atoms with E-state index >= 15 is 0 Å². The Labute approximate surface area is 373 Å². The van der Waals surface area contributed by atoms with Crippen molar-refractivity contribution < 1.29 is 42.9 Å². The first-order valence-electron chi connectivity index (χ1n) is 20.1. The molecule has 0 aliphatic rings. The topological polar surface area (TPSA) is 151 Å². The number of nitrogens with zero attached hydrogens (tertiary/aromatic N) is 3. The lowest BCUT2D eigenvalue weighted by molar-refractivity contribution is -0.106. The second-order valence-corrected chi connectivity index (χ2v) is 14.8. The average Bonchev–Trinajstić information content (AvgIpc) is 3.33. The minimum Gasteiger partial charge on any atom is -0.455 e. The SMILES string of the molecule is Cc1cc(N(/N=C/[C@@H](OC(=O)c2ccccc2)[C@H](OC(=O)c2ccccc2)[C@H](OC(=O)c2ccccc2)[C@H](C)OC(=O)c2ccccc2)C(=O)c2ccccc2)nc2ccc(Cl)cc12. The minimum atomic E-state index is -1.79. The van der Waals surface area contributed by atoms with Gasteiger partial charge < -0.3 is 18.9 Å². The van der Waals surface area contributed by atoms with Crippen LogP contribution in [0.1, 0.15) is 64.3 Å². The molecule has 0 aliphatic heterocycles. The van der Waals surface area contributed by atoms with Crippen LogP contribution in [0.5, 0.6) is 0 Å². The van der Waals surface area contributed by atoms with Gasteiger partial charge in [-0.1, -0.05) is 103 Å². The molecule has 7 rings (SSSR count). The molecule has 320 valence electrons. The molecule has 1 amide bonds. The highest BCUT2D eigenvalue weighted by atomic mass is 35.5. The third-order valence-corrected chi connectivity index (χ3v) is 10.1. The maximum Gasteiger partial charge on any atom is 0.338 e. The number of anilines is 1. The van der Waals surface area contributed by atoms with Crippen molar-refractivity contribution in [1.29, 1.82) is 0 Å². The van der Waals surface area contributed by atoms with Crippen LogP contribution >= 0.6 is 11.6 Å². The lowest BCUT2D eigenvalue weighted by Gasteiger charge is -2.34. The number of halogens is 1. The smallest absolute Gasteiger partial charge is 0.338 e. The maximum atomic E-state index is 14.5. The number of hydrogen-bond donors (Lipinski definition) is 0. The van der Waals surface area contributed by atoms with Gasteiger partial charge in [-0.25, -0.2) is 24.2 Å². The Kier molecular flexibility index (Phi) is 14.3. The van der Waals surface area contributed by atoms with Gasteiger partial charge in [0.05, 0.1) is 34.0 Å². The third kappa shape index (κ3) is 10.9. The lowest BCUT2D eigenvalue weighted by Crippen LogP contribution is -2.52. The molecule has 0 fully saturated rings. The molecule has 13 heteroatoms. The molecule has 0 N–H and O–H groups in total. The van der Waals surface area contributed by atoms with Crippen molar-refractivity contribution in [2.75, 3.05) is 5.01 Å². The Morgan fingerprint density at radius 2 is 0.969 bits per heavy atom. The molecule has 0 spiro atoms. The molecular formula is C51H40ClN3O9. The molecular weight excluding hydrogens is 834 g/mol. The molecule has 0 bridgehead atoms. The Morgan fingerprint density at radius 1 is 0.547 bits per heavy atom. The number of benzene rings is 6. The molecule has 1 heterocycles. The summed E-state index contributed by atoms with van der Waals surface area (Å²) in [5, 5.41) is 6.86. The van der Waals surface area contributed by atoms with Gasteiger partial charge in [-0.05, 0) is 104 Å². The van der Waals surface area contributed by atoms with E-state index in [0.717, 1.165) is 16.6 Å². The standard InChI is InChI=1S/C51H40ClN3O9/c1-33-30-44(54-42-29-28-40(52)31-41(33)42)55(47(56)35-18-8-3-9-19-35)53-32-43(62-49(58)37-22-12-5-13-23-37)46(64-51(60)39-26-16-7-17-27-39)45(63-50(59)38-24-14-6-15-25-38)34(2)61-48(57)36-20-10-4-11-21-36/h3-32,34,43,45-46H,1-2H3/b53-32+/t34-,43+,45+,46-/m0/s1. The van der Waals surface area contributed by atoms with Gasteiger partial charge in [-0.15, -0.1) is 0 Å². The van der Waals surface area contributed by atoms with E-state index in [1.807, 2.05) is 6.92 Å². The number of carbonyl (C=O) groups is 5. The summed E-state index contributed by atoms with van der Waals surface area (Å²) in [7, 11) is 0. The van der Waals surface area contributed by atoms with Gasteiger partial charge in [-0.3, -0.25) is 4.79 Å². The van der Waals surface area contributed by atoms with Crippen molar-refractivity contribution in [3.05, 3.63) is 214 Å². The van der Waals surface area contributed by atoms with Crippen LogP contribution in [-0.4, -0.2) is 65.4 Å². The van der Waals surface area contributed by atoms with Crippen molar-refractivity contribution in [2.45, 2.75) is 38.3 Å². The molecule has 1 aromatic heterocycles. The highest BCUT2D eigenvalue weighted by molar-refractivity contribution is 6.31. The van der Waals surface area contributed by atoms with Gasteiger partial charge in [0.15, 0.2) is 24.1 Å². The van der Waals surface area contributed by atoms with E-state index in [9.17, 15) is 24.0 Å². The molecule has 12 nitrogen and oxygen atoms in total. The first-order chi connectivity index (χ1) is 31.0. The van der Waals surface area contributed by atoms with Crippen LogP contribution in [0, 0.1) is 6.92 Å². The van der Waals surface area contributed by atoms with Gasteiger partial charge in [0.1, 0.15) is 6.10 Å². The fourth-order valence-electron chi connectivity index (χ4n) is 6.62. The molecule has 0 saturated carbocycles. The molecule has 7 aromatic rings. The first kappa shape index (κ1) is 44.1. The number of hydrazone groups is 1. The predicted octanol–water partition coefficient (Wildman–Crippen LogP) is 9.75. The predicted molar refractivity (Wildman–Crippen MR) is 241 cm³/mol. The van der Waals surface area contributed by atoms with Gasteiger partial charge in [0.2, 0.25) is 0 Å². The summed E-state index contributed by atoms with van der Waals surface area (Å²) in [6.45, 7) is 3.27. The van der Waals surface area contributed by atoms with Crippen molar-refractivity contribution in [2.24, 2.45) is 5.10 Å². The molecule has 0 saturated heterocycles. The summed E-state index contributed by atoms with van der Waals surface area (Å²) >= 11 is 6.32. The summed E-state index contributed by atoms with van der Waals surface area (Å²) in [5.41, 5.74) is 1.96. The zero-order chi connectivity index (χ0) is 45.0. The van der Waals surface area contributed by atoms with Crippen LogP contribution in [-0.2, 0) is 18.9 Å². The summed E-state index contributed by atoms with van der Waals surface area (Å²) in [4.78, 5) is 75.0. The van der Waals surface area contributed by atoms with Crippen molar-refractivity contribution in [3.8, 4) is 0 Å². The van der Waals surface area contributed by atoms with E-state index in [1.54, 1.807) is 140 Å². The van der Waals surface area contributed by atoms with E-state index in [2.05, 4.69) is 5.10 Å². The molecule has 64 heavy (non-hydrogen) atoms. The van der Waals surface area contributed by atoms with Crippen molar-refractivity contribution in [3.63, 3.8) is 0 Å². The Bertz CT molecular complexity index is 2780. The second kappa shape index (κ2) is 20.7. The van der Waals surface area contributed by atoms with E-state index in [1.165, 1.54) is 43.3 Å². The average molecular weight is 874 g/mol. The van der Waals surface area contributed by atoms with Crippen LogP contribution in [0.2, 0.25) is 5.02 Å². The van der Waals surface area contributed by atoms with E-state index in [-0.39, 0.29) is 33.6 Å². The summed E-state index contributed by atoms with van der Waals surface area (Å²) in [5.74, 6) is -4.01. The number of aryl methyl sites for hydroxylation is 1. The van der Waals surface area contributed by atoms with Crippen LogP contribution in [0.25, 0.3) is 10.9 Å². The van der Waals surface area contributed by atoms with E-state index in [4.69, 9.17) is 35.5 Å². The monoisotopic (exact) mass is 873 g/mol. The first-order valence-corrected chi connectivity index (χ1v) is 20.5. The van der Waals surface area contributed by atoms with Gasteiger partial charge >= 0.3 is 23.9 Å². The van der Waals surface area contributed by atoms with Gasteiger partial charge in [0, 0.05) is 16.0 Å². The molecule has 0 unspecified atom stereocenters. The van der Waals surface area contributed by atoms with Crippen LogP contribution in [0.4, 0.5) is 5.82 Å². The summed E-state index contributed by atoms with van der Waals surface area (Å²) < 4.78 is 24.4. The Morgan fingerprint density at radius 3 is 1.45 bits per heavy atom. The van der Waals surface area contributed by atoms with Crippen LogP contribution in [0.3, 0.4) is 0 Å². The normalized spacial score (nSPS) is 12.9. The zero-order valence-corrected chi connectivity index (χ0v) is 35.3. The van der Waals surface area contributed by atoms with Gasteiger partial charge in [0.25, 0.3) is 5.91 Å². The molecule has 6 aromatic carbocycles. The number of carbonyl (C=O) groups excluding carboxylic acids is 5. The number of pyridine rings is 1. The number of esters is 4. The number of hydrogen-bond acceptors (Lipinski definition) is 11. The van der Waals surface area contributed by atoms with E-state index in [0.29, 0.717) is 16.1 Å². The van der Waals surface area contributed by atoms with Crippen LogP contribution in [0.15, 0.2) is 181 Å².